The summed E-state index contributed by atoms with van der Waals surface area (Å²) < 4.78 is 37.1. The van der Waals surface area contributed by atoms with Crippen molar-refractivity contribution in [3.05, 3.63) is 36.2 Å². The number of imidazole rings is 1. The number of alkyl halides is 3. The van der Waals surface area contributed by atoms with Gasteiger partial charge in [-0.1, -0.05) is 0 Å². The van der Waals surface area contributed by atoms with Gasteiger partial charge >= 0.3 is 6.18 Å². The number of H-pyrrole nitrogens is 1. The molecule has 0 aromatic carbocycles. The molecule has 0 aliphatic carbocycles. The van der Waals surface area contributed by atoms with E-state index in [-0.39, 0.29) is 5.95 Å². The van der Waals surface area contributed by atoms with Crippen molar-refractivity contribution < 1.29 is 13.2 Å². The first-order valence-corrected chi connectivity index (χ1v) is 5.18. The minimum absolute atomic E-state index is 0.0450. The molecule has 0 amide bonds. The molecule has 5 nitrogen and oxygen atoms in total. The molecule has 2 aromatic rings. The third kappa shape index (κ3) is 3.19. The molecule has 0 saturated carbocycles. The smallest absolute Gasteiger partial charge is 0.354 e. The van der Waals surface area contributed by atoms with E-state index in [0.717, 1.165) is 18.1 Å². The molecule has 8 heteroatoms. The number of aromatic nitrogens is 4. The Hall–Kier alpha value is -2.12. The standard InChI is InChI=1S/C10H10F3N5/c11-10(12,13)7-1-3-16-9(18-7)17-4-2-8-14-5-6-15-8/h1,3,5-6H,2,4H2,(H,14,15)(H,16,17,18). The highest BCUT2D eigenvalue weighted by Gasteiger charge is 2.32. The van der Waals surface area contributed by atoms with E-state index in [1.807, 2.05) is 0 Å². The molecule has 0 unspecified atom stereocenters. The van der Waals surface area contributed by atoms with Gasteiger partial charge in [-0.15, -0.1) is 0 Å². The van der Waals surface area contributed by atoms with Crippen LogP contribution in [0.4, 0.5) is 19.1 Å². The van der Waals surface area contributed by atoms with Crippen molar-refractivity contribution in [3.8, 4) is 0 Å². The van der Waals surface area contributed by atoms with Gasteiger partial charge in [0.05, 0.1) is 0 Å². The monoisotopic (exact) mass is 257 g/mol. The van der Waals surface area contributed by atoms with Crippen LogP contribution in [0.2, 0.25) is 0 Å². The van der Waals surface area contributed by atoms with Gasteiger partial charge in [-0.25, -0.2) is 15.0 Å². The third-order valence-corrected chi connectivity index (χ3v) is 2.15. The largest absolute Gasteiger partial charge is 0.433 e. The Balaban J connectivity index is 1.93. The van der Waals surface area contributed by atoms with Gasteiger partial charge in [0.1, 0.15) is 11.5 Å². The lowest BCUT2D eigenvalue weighted by Gasteiger charge is -2.07. The quantitative estimate of drug-likeness (QED) is 0.877. The van der Waals surface area contributed by atoms with Gasteiger partial charge in [0.15, 0.2) is 0 Å². The van der Waals surface area contributed by atoms with E-state index in [4.69, 9.17) is 0 Å². The van der Waals surface area contributed by atoms with Crippen LogP contribution in [-0.2, 0) is 12.6 Å². The van der Waals surface area contributed by atoms with Gasteiger partial charge in [-0.05, 0) is 6.07 Å². The summed E-state index contributed by atoms with van der Waals surface area (Å²) in [6.07, 6.45) is 0.449. The van der Waals surface area contributed by atoms with Crippen LogP contribution in [0.15, 0.2) is 24.7 Å². The lowest BCUT2D eigenvalue weighted by molar-refractivity contribution is -0.141. The summed E-state index contributed by atoms with van der Waals surface area (Å²) in [5.41, 5.74) is -0.960. The molecule has 0 aliphatic heterocycles. The van der Waals surface area contributed by atoms with Crippen LogP contribution in [0.3, 0.4) is 0 Å². The lowest BCUT2D eigenvalue weighted by atomic mass is 10.4. The van der Waals surface area contributed by atoms with Crippen LogP contribution in [-0.4, -0.2) is 26.5 Å². The molecular weight excluding hydrogens is 247 g/mol. The number of rotatable bonds is 4. The van der Waals surface area contributed by atoms with Crippen LogP contribution in [0.1, 0.15) is 11.5 Å². The highest BCUT2D eigenvalue weighted by molar-refractivity contribution is 5.26. The predicted octanol–water partition coefficient (Wildman–Crippen LogP) is 1.87. The van der Waals surface area contributed by atoms with Crippen LogP contribution in [0.25, 0.3) is 0 Å². The topological polar surface area (TPSA) is 66.5 Å². The SMILES string of the molecule is FC(F)(F)c1ccnc(NCCc2ncc[nH]2)n1. The second kappa shape index (κ2) is 5.03. The molecule has 2 aromatic heterocycles. The zero-order valence-corrected chi connectivity index (χ0v) is 9.20. The van der Waals surface area contributed by atoms with Crippen molar-refractivity contribution >= 4 is 5.95 Å². The van der Waals surface area contributed by atoms with E-state index < -0.39 is 11.9 Å². The van der Waals surface area contributed by atoms with Gasteiger partial charge in [-0.3, -0.25) is 0 Å². The van der Waals surface area contributed by atoms with Gasteiger partial charge in [0, 0.05) is 31.6 Å². The van der Waals surface area contributed by atoms with E-state index >= 15 is 0 Å². The van der Waals surface area contributed by atoms with Gasteiger partial charge in [-0.2, -0.15) is 13.2 Å². The van der Waals surface area contributed by atoms with Crippen molar-refractivity contribution in [2.45, 2.75) is 12.6 Å². The van der Waals surface area contributed by atoms with Crippen LogP contribution >= 0.6 is 0 Å². The molecule has 2 N–H and O–H groups in total. The first-order valence-electron chi connectivity index (χ1n) is 5.18. The van der Waals surface area contributed by atoms with Crippen LogP contribution in [0.5, 0.6) is 0 Å². The summed E-state index contributed by atoms with van der Waals surface area (Å²) in [6, 6.07) is 0.831. The zero-order chi connectivity index (χ0) is 13.0. The molecule has 0 radical (unpaired) electrons. The second-order valence-corrected chi connectivity index (χ2v) is 3.48. The summed E-state index contributed by atoms with van der Waals surface area (Å²) in [6.45, 7) is 0.398. The number of hydrogen-bond acceptors (Lipinski definition) is 4. The average molecular weight is 257 g/mol. The summed E-state index contributed by atoms with van der Waals surface area (Å²) >= 11 is 0. The zero-order valence-electron chi connectivity index (χ0n) is 9.20. The average Bonchev–Trinajstić information content (AvgIpc) is 2.81. The Kier molecular flexibility index (Phi) is 3.45. The maximum absolute atomic E-state index is 12.4. The van der Waals surface area contributed by atoms with Crippen molar-refractivity contribution in [2.24, 2.45) is 0 Å². The minimum atomic E-state index is -4.46. The predicted molar refractivity (Wildman–Crippen MR) is 57.8 cm³/mol. The maximum atomic E-state index is 12.4. The first-order chi connectivity index (χ1) is 8.55. The first kappa shape index (κ1) is 12.3. The van der Waals surface area contributed by atoms with Gasteiger partial charge < -0.3 is 10.3 Å². The molecule has 18 heavy (non-hydrogen) atoms. The molecule has 0 bridgehead atoms. The van der Waals surface area contributed by atoms with Crippen molar-refractivity contribution in [1.82, 2.24) is 19.9 Å². The lowest BCUT2D eigenvalue weighted by Crippen LogP contribution is -2.13. The van der Waals surface area contributed by atoms with E-state index in [0.29, 0.717) is 13.0 Å². The van der Waals surface area contributed by atoms with Crippen LogP contribution in [0, 0.1) is 0 Å². The number of hydrogen-bond donors (Lipinski definition) is 2. The summed E-state index contributed by atoms with van der Waals surface area (Å²) in [5.74, 6) is 0.700. The number of anilines is 1. The maximum Gasteiger partial charge on any atom is 0.433 e. The van der Waals surface area contributed by atoms with Crippen molar-refractivity contribution in [3.63, 3.8) is 0 Å². The van der Waals surface area contributed by atoms with E-state index in [1.165, 1.54) is 0 Å². The number of nitrogens with one attached hydrogen (secondary N) is 2. The third-order valence-electron chi connectivity index (χ3n) is 2.15. The second-order valence-electron chi connectivity index (χ2n) is 3.48. The summed E-state index contributed by atoms with van der Waals surface area (Å²) in [7, 11) is 0. The minimum Gasteiger partial charge on any atom is -0.354 e. The Morgan fingerprint density at radius 3 is 2.72 bits per heavy atom. The number of nitrogens with zero attached hydrogens (tertiary/aromatic N) is 3. The van der Waals surface area contributed by atoms with Gasteiger partial charge in [0.2, 0.25) is 5.95 Å². The Morgan fingerprint density at radius 2 is 2.06 bits per heavy atom. The number of halogens is 3. The van der Waals surface area contributed by atoms with Crippen molar-refractivity contribution in [1.29, 1.82) is 0 Å². The molecule has 0 spiro atoms. The van der Waals surface area contributed by atoms with Crippen LogP contribution < -0.4 is 5.32 Å². The fourth-order valence-corrected chi connectivity index (χ4v) is 1.33. The fourth-order valence-electron chi connectivity index (χ4n) is 1.33. The molecule has 0 atom stereocenters. The normalized spacial score (nSPS) is 11.5. The molecule has 0 aliphatic rings. The molecule has 2 rings (SSSR count). The Bertz CT molecular complexity index is 494. The summed E-state index contributed by atoms with van der Waals surface area (Å²) in [5, 5.41) is 2.71. The molecule has 2 heterocycles. The number of aromatic amines is 1. The fraction of sp³-hybridized carbons (Fsp3) is 0.300. The van der Waals surface area contributed by atoms with Crippen molar-refractivity contribution in [2.75, 3.05) is 11.9 Å². The van der Waals surface area contributed by atoms with E-state index in [2.05, 4.69) is 25.3 Å². The highest BCUT2D eigenvalue weighted by Crippen LogP contribution is 2.27. The molecule has 96 valence electrons. The van der Waals surface area contributed by atoms with Gasteiger partial charge in [0.25, 0.3) is 0 Å². The van der Waals surface area contributed by atoms with E-state index in [1.54, 1.807) is 12.4 Å². The Labute approximate surface area is 100 Å². The summed E-state index contributed by atoms with van der Waals surface area (Å²) in [4.78, 5) is 14.0. The Morgan fingerprint density at radius 1 is 1.22 bits per heavy atom. The molecule has 0 fully saturated rings. The van der Waals surface area contributed by atoms with E-state index in [9.17, 15) is 13.2 Å². The molecule has 0 saturated heterocycles. The highest BCUT2D eigenvalue weighted by atomic mass is 19.4. The molecular formula is C10H10F3N5.